The number of ether oxygens (including phenoxy) is 1. The summed E-state index contributed by atoms with van der Waals surface area (Å²) in [6.45, 7) is 5.49. The number of rotatable bonds is 12. The van der Waals surface area contributed by atoms with Crippen LogP contribution in [0.3, 0.4) is 0 Å². The zero-order valence-electron chi connectivity index (χ0n) is 21.9. The van der Waals surface area contributed by atoms with Gasteiger partial charge in [0.1, 0.15) is 24.2 Å². The predicted octanol–water partition coefficient (Wildman–Crippen LogP) is 4.74. The molecule has 0 bridgehead atoms. The van der Waals surface area contributed by atoms with E-state index in [9.17, 15) is 22.4 Å². The standard InChI is InChI=1S/C28H31BrFN3O5S/c1-4-31-28(35)20(3)32(18-21-6-8-22(29)9-7-21)27(34)19-33(24-12-14-25(15-13-24)38-5-2)39(36,37)26-16-10-23(30)11-17-26/h6-17,20H,4-5,18-19H2,1-3H3,(H,31,35). The first-order valence-electron chi connectivity index (χ1n) is 12.4. The summed E-state index contributed by atoms with van der Waals surface area (Å²) in [6.07, 6.45) is 0. The Balaban J connectivity index is 2.02. The molecule has 0 radical (unpaired) electrons. The quantitative estimate of drug-likeness (QED) is 0.316. The third-order valence-electron chi connectivity index (χ3n) is 5.90. The number of hydrogen-bond donors (Lipinski definition) is 1. The van der Waals surface area contributed by atoms with E-state index in [1.54, 1.807) is 26.0 Å². The molecule has 0 aromatic heterocycles. The molecule has 11 heteroatoms. The van der Waals surface area contributed by atoms with Crippen molar-refractivity contribution in [3.63, 3.8) is 0 Å². The van der Waals surface area contributed by atoms with Gasteiger partial charge in [-0.05, 0) is 87.0 Å². The molecule has 0 aliphatic rings. The lowest BCUT2D eigenvalue weighted by atomic mass is 10.1. The minimum absolute atomic E-state index is 0.0815. The number of nitrogens with one attached hydrogen (secondary N) is 1. The van der Waals surface area contributed by atoms with E-state index in [-0.39, 0.29) is 23.0 Å². The second kappa shape index (κ2) is 13.6. The summed E-state index contributed by atoms with van der Waals surface area (Å²) in [4.78, 5) is 27.7. The fourth-order valence-corrected chi connectivity index (χ4v) is 5.51. The molecule has 1 atom stereocenters. The molecule has 0 aliphatic heterocycles. The summed E-state index contributed by atoms with van der Waals surface area (Å²) in [5, 5.41) is 2.72. The van der Waals surface area contributed by atoms with Gasteiger partial charge in [-0.2, -0.15) is 0 Å². The van der Waals surface area contributed by atoms with Crippen molar-refractivity contribution in [3.05, 3.63) is 88.6 Å². The molecule has 1 N–H and O–H groups in total. The Kier molecular flexibility index (Phi) is 10.5. The first-order valence-corrected chi connectivity index (χ1v) is 14.6. The molecular formula is C28H31BrFN3O5S. The lowest BCUT2D eigenvalue weighted by Crippen LogP contribution is -2.51. The zero-order valence-corrected chi connectivity index (χ0v) is 24.3. The highest BCUT2D eigenvalue weighted by atomic mass is 79.9. The third-order valence-corrected chi connectivity index (χ3v) is 8.22. The van der Waals surface area contributed by atoms with Gasteiger partial charge in [0.2, 0.25) is 11.8 Å². The molecule has 1 unspecified atom stereocenters. The fraction of sp³-hybridized carbons (Fsp3) is 0.286. The maximum Gasteiger partial charge on any atom is 0.264 e. The first kappa shape index (κ1) is 30.1. The van der Waals surface area contributed by atoms with Crippen molar-refractivity contribution >= 4 is 43.5 Å². The van der Waals surface area contributed by atoms with E-state index in [0.29, 0.717) is 18.9 Å². The minimum Gasteiger partial charge on any atom is -0.494 e. The van der Waals surface area contributed by atoms with Gasteiger partial charge in [-0.25, -0.2) is 12.8 Å². The van der Waals surface area contributed by atoms with Gasteiger partial charge >= 0.3 is 0 Å². The molecule has 208 valence electrons. The lowest BCUT2D eigenvalue weighted by molar-refractivity contribution is -0.139. The number of amides is 2. The van der Waals surface area contributed by atoms with Gasteiger partial charge in [0.15, 0.2) is 0 Å². The van der Waals surface area contributed by atoms with Crippen LogP contribution in [0, 0.1) is 5.82 Å². The summed E-state index contributed by atoms with van der Waals surface area (Å²) in [7, 11) is -4.29. The number of nitrogens with zero attached hydrogens (tertiary/aromatic N) is 2. The van der Waals surface area contributed by atoms with Crippen molar-refractivity contribution in [3.8, 4) is 5.75 Å². The monoisotopic (exact) mass is 619 g/mol. The second-order valence-electron chi connectivity index (χ2n) is 8.61. The molecule has 8 nitrogen and oxygen atoms in total. The fourth-order valence-electron chi connectivity index (χ4n) is 3.83. The van der Waals surface area contributed by atoms with Crippen LogP contribution >= 0.6 is 15.9 Å². The normalized spacial score (nSPS) is 11.9. The average molecular weight is 621 g/mol. The molecule has 0 aliphatic carbocycles. The van der Waals surface area contributed by atoms with E-state index in [4.69, 9.17) is 4.74 Å². The van der Waals surface area contributed by atoms with Crippen molar-refractivity contribution in [2.24, 2.45) is 0 Å². The number of carbonyl (C=O) groups excluding carboxylic acids is 2. The molecule has 39 heavy (non-hydrogen) atoms. The number of benzene rings is 3. The molecule has 3 aromatic rings. The van der Waals surface area contributed by atoms with Crippen LogP contribution in [0.1, 0.15) is 26.3 Å². The van der Waals surface area contributed by atoms with Crippen LogP contribution in [0.15, 0.2) is 82.2 Å². The smallest absolute Gasteiger partial charge is 0.264 e. The van der Waals surface area contributed by atoms with Crippen molar-refractivity contribution < 1.29 is 27.1 Å². The highest BCUT2D eigenvalue weighted by Crippen LogP contribution is 2.27. The van der Waals surface area contributed by atoms with Gasteiger partial charge < -0.3 is 15.0 Å². The van der Waals surface area contributed by atoms with Gasteiger partial charge in [-0.3, -0.25) is 13.9 Å². The highest BCUT2D eigenvalue weighted by molar-refractivity contribution is 9.10. The molecular weight excluding hydrogens is 589 g/mol. The number of likely N-dealkylation sites (N-methyl/N-ethyl adjacent to an activating group) is 1. The van der Waals surface area contributed by atoms with E-state index in [0.717, 1.165) is 38.6 Å². The average Bonchev–Trinajstić information content (AvgIpc) is 2.92. The van der Waals surface area contributed by atoms with Gasteiger partial charge in [0, 0.05) is 17.6 Å². The Bertz CT molecular complexity index is 1370. The summed E-state index contributed by atoms with van der Waals surface area (Å²) in [5.74, 6) is -1.00. The summed E-state index contributed by atoms with van der Waals surface area (Å²) < 4.78 is 48.3. The molecule has 0 heterocycles. The topological polar surface area (TPSA) is 96.0 Å². The summed E-state index contributed by atoms with van der Waals surface area (Å²) in [6, 6.07) is 17.0. The van der Waals surface area contributed by atoms with Crippen LogP contribution in [0.2, 0.25) is 0 Å². The highest BCUT2D eigenvalue weighted by Gasteiger charge is 2.32. The van der Waals surface area contributed by atoms with E-state index in [1.807, 2.05) is 31.2 Å². The Morgan fingerprint density at radius 3 is 2.15 bits per heavy atom. The summed E-state index contributed by atoms with van der Waals surface area (Å²) >= 11 is 3.38. The second-order valence-corrected chi connectivity index (χ2v) is 11.4. The number of sulfonamides is 1. The van der Waals surface area contributed by atoms with Crippen molar-refractivity contribution in [2.75, 3.05) is 24.0 Å². The molecule has 0 saturated heterocycles. The minimum atomic E-state index is -4.29. The molecule has 3 rings (SSSR count). The third kappa shape index (κ3) is 7.79. The van der Waals surface area contributed by atoms with E-state index in [1.165, 1.54) is 17.0 Å². The number of hydrogen-bond acceptors (Lipinski definition) is 5. The Morgan fingerprint density at radius 2 is 1.59 bits per heavy atom. The SMILES string of the molecule is CCNC(=O)C(C)N(Cc1ccc(Br)cc1)C(=O)CN(c1ccc(OCC)cc1)S(=O)(=O)c1ccc(F)cc1. The maximum atomic E-state index is 13.8. The Labute approximate surface area is 236 Å². The van der Waals surface area contributed by atoms with E-state index < -0.39 is 34.3 Å². The van der Waals surface area contributed by atoms with Crippen LogP contribution in [0.25, 0.3) is 0 Å². The van der Waals surface area contributed by atoms with E-state index in [2.05, 4.69) is 21.2 Å². The largest absolute Gasteiger partial charge is 0.494 e. The molecule has 3 aromatic carbocycles. The van der Waals surface area contributed by atoms with Gasteiger partial charge in [-0.15, -0.1) is 0 Å². The van der Waals surface area contributed by atoms with Crippen LogP contribution in [0.4, 0.5) is 10.1 Å². The Morgan fingerprint density at radius 1 is 0.974 bits per heavy atom. The van der Waals surface area contributed by atoms with Crippen molar-refractivity contribution in [1.82, 2.24) is 10.2 Å². The molecule has 2 amide bonds. The number of halogens is 2. The van der Waals surface area contributed by atoms with Crippen molar-refractivity contribution in [2.45, 2.75) is 38.3 Å². The van der Waals surface area contributed by atoms with Crippen molar-refractivity contribution in [1.29, 1.82) is 0 Å². The van der Waals surface area contributed by atoms with Crippen LogP contribution in [0.5, 0.6) is 5.75 Å². The van der Waals surface area contributed by atoms with Crippen LogP contribution < -0.4 is 14.4 Å². The van der Waals surface area contributed by atoms with Crippen LogP contribution in [-0.4, -0.2) is 50.9 Å². The summed E-state index contributed by atoms with van der Waals surface area (Å²) in [5.41, 5.74) is 0.974. The molecule has 0 fully saturated rings. The zero-order chi connectivity index (χ0) is 28.6. The van der Waals surface area contributed by atoms with Gasteiger partial charge in [0.25, 0.3) is 10.0 Å². The lowest BCUT2D eigenvalue weighted by Gasteiger charge is -2.32. The maximum absolute atomic E-state index is 13.8. The van der Waals surface area contributed by atoms with E-state index >= 15 is 0 Å². The van der Waals surface area contributed by atoms with Gasteiger partial charge in [0.05, 0.1) is 17.2 Å². The number of anilines is 1. The Hall–Kier alpha value is -3.44. The number of carbonyl (C=O) groups is 2. The van der Waals surface area contributed by atoms with Gasteiger partial charge in [-0.1, -0.05) is 28.1 Å². The molecule has 0 saturated carbocycles. The first-order chi connectivity index (χ1) is 18.6. The van der Waals surface area contributed by atoms with Crippen LogP contribution in [-0.2, 0) is 26.2 Å². The molecule has 0 spiro atoms. The predicted molar refractivity (Wildman–Crippen MR) is 151 cm³/mol.